The van der Waals surface area contributed by atoms with E-state index in [0.29, 0.717) is 23.5 Å². The summed E-state index contributed by atoms with van der Waals surface area (Å²) in [5.41, 5.74) is 2.44. The quantitative estimate of drug-likeness (QED) is 0.801. The van der Waals surface area contributed by atoms with E-state index in [1.54, 1.807) is 12.4 Å². The molecule has 22 heavy (non-hydrogen) atoms. The summed E-state index contributed by atoms with van der Waals surface area (Å²) in [5, 5.41) is 13.1. The Balaban J connectivity index is 0.000000882. The summed E-state index contributed by atoms with van der Waals surface area (Å²) in [6.07, 6.45) is 7.60. The lowest BCUT2D eigenvalue weighted by Crippen LogP contribution is -2.01. The fourth-order valence-electron chi connectivity index (χ4n) is 2.16. The summed E-state index contributed by atoms with van der Waals surface area (Å²) in [4.78, 5) is 15.6. The number of nitrogens with one attached hydrogen (secondary N) is 2. The van der Waals surface area contributed by atoms with Crippen molar-refractivity contribution in [2.75, 3.05) is 5.32 Å². The van der Waals surface area contributed by atoms with Crippen molar-refractivity contribution in [3.8, 4) is 5.88 Å². The molecule has 2 aromatic heterocycles. The Morgan fingerprint density at radius 1 is 1.32 bits per heavy atom. The number of aliphatic imine (C=N–C) groups is 1. The van der Waals surface area contributed by atoms with Gasteiger partial charge in [-0.05, 0) is 31.1 Å². The van der Waals surface area contributed by atoms with Gasteiger partial charge in [-0.2, -0.15) is 4.98 Å². The molecule has 116 valence electrons. The molecule has 6 nitrogen and oxygen atoms in total. The lowest BCUT2D eigenvalue weighted by atomic mass is 10.1. The van der Waals surface area contributed by atoms with Gasteiger partial charge in [-0.1, -0.05) is 0 Å². The molecule has 8 heteroatoms. The van der Waals surface area contributed by atoms with Crippen molar-refractivity contribution in [1.82, 2.24) is 15.0 Å². The molecule has 3 heterocycles. The number of aromatic amines is 1. The smallest absolute Gasteiger partial charge is 0.238 e. The molecule has 2 aliphatic rings. The highest BCUT2D eigenvalue weighted by Gasteiger charge is 2.23. The summed E-state index contributed by atoms with van der Waals surface area (Å²) in [6.45, 7) is 0. The number of allylic oxidation sites excluding steroid dienone is 1. The molecule has 0 atom stereocenters. The normalized spacial score (nSPS) is 16.8. The van der Waals surface area contributed by atoms with Crippen LogP contribution in [0.4, 0.5) is 11.8 Å². The van der Waals surface area contributed by atoms with Crippen LogP contribution in [0.2, 0.25) is 0 Å². The van der Waals surface area contributed by atoms with Crippen LogP contribution in [0.5, 0.6) is 5.88 Å². The number of pyridine rings is 1. The first-order valence-electron chi connectivity index (χ1n) is 6.56. The van der Waals surface area contributed by atoms with Crippen LogP contribution < -0.4 is 5.32 Å². The first-order chi connectivity index (χ1) is 9.79. The molecule has 1 aliphatic heterocycles. The molecule has 0 radical (unpaired) electrons. The number of anilines is 1. The maximum atomic E-state index is 9.89. The maximum Gasteiger partial charge on any atom is 0.238 e. The number of halogens is 2. The predicted molar refractivity (Wildman–Crippen MR) is 91.7 cm³/mol. The van der Waals surface area contributed by atoms with Gasteiger partial charge in [0, 0.05) is 29.6 Å². The average molecular weight is 340 g/mol. The molecule has 3 N–H and O–H groups in total. The topological polar surface area (TPSA) is 86.2 Å². The van der Waals surface area contributed by atoms with Crippen LogP contribution in [0.15, 0.2) is 23.3 Å². The summed E-state index contributed by atoms with van der Waals surface area (Å²) >= 11 is 0. The number of hydrogen-bond acceptors (Lipinski definition) is 5. The first-order valence-corrected chi connectivity index (χ1v) is 6.56. The number of hydrogen-bond donors (Lipinski definition) is 3. The highest BCUT2D eigenvalue weighted by molar-refractivity contribution is 6.20. The van der Waals surface area contributed by atoms with Crippen LogP contribution in [0.1, 0.15) is 24.1 Å². The number of fused-ring (bicyclic) bond motifs is 1. The standard InChI is InChI=1S/C14H13N5O.2ClH/c20-13-11(18-14(19-13)17-9-3-4-9)6-8-7-16-12-10(8)2-1-5-15-12;;/h1-2,5-7,9,20H,3-4H2,(H2,17,18,19);2*1H. The predicted octanol–water partition coefficient (Wildman–Crippen LogP) is 3.18. The molecule has 0 unspecified atom stereocenters. The van der Waals surface area contributed by atoms with E-state index in [0.717, 1.165) is 24.0 Å². The van der Waals surface area contributed by atoms with Gasteiger partial charge in [-0.3, -0.25) is 0 Å². The van der Waals surface area contributed by atoms with Crippen LogP contribution >= 0.6 is 24.8 Å². The van der Waals surface area contributed by atoms with E-state index < -0.39 is 0 Å². The zero-order chi connectivity index (χ0) is 13.5. The average Bonchev–Trinajstić information content (AvgIpc) is 3.07. The Morgan fingerprint density at radius 3 is 2.91 bits per heavy atom. The Kier molecular flexibility index (Phi) is 4.73. The maximum absolute atomic E-state index is 9.89. The number of rotatable bonds is 3. The van der Waals surface area contributed by atoms with Gasteiger partial charge in [-0.15, -0.1) is 24.8 Å². The minimum atomic E-state index is -0.00797. The SMILES string of the molecule is Cl.Cl.Oc1nc(NC2CC2)[nH]c1C=C1C=Nc2ncccc21. The van der Waals surface area contributed by atoms with E-state index in [4.69, 9.17) is 0 Å². The van der Waals surface area contributed by atoms with Gasteiger partial charge in [0.25, 0.3) is 0 Å². The van der Waals surface area contributed by atoms with Gasteiger partial charge in [0.1, 0.15) is 5.69 Å². The molecule has 1 fully saturated rings. The third kappa shape index (κ3) is 3.08. The van der Waals surface area contributed by atoms with Gasteiger partial charge in [0.15, 0.2) is 5.82 Å². The highest BCUT2D eigenvalue weighted by atomic mass is 35.5. The Labute approximate surface area is 139 Å². The molecular formula is C14H15Cl2N5O. The second-order valence-corrected chi connectivity index (χ2v) is 4.97. The van der Waals surface area contributed by atoms with Gasteiger partial charge >= 0.3 is 0 Å². The lowest BCUT2D eigenvalue weighted by molar-refractivity contribution is 0.455. The van der Waals surface area contributed by atoms with Crippen molar-refractivity contribution in [3.05, 3.63) is 29.6 Å². The molecular weight excluding hydrogens is 325 g/mol. The third-order valence-electron chi connectivity index (χ3n) is 3.35. The van der Waals surface area contributed by atoms with E-state index >= 15 is 0 Å². The van der Waals surface area contributed by atoms with Crippen molar-refractivity contribution < 1.29 is 5.11 Å². The molecule has 0 aromatic carbocycles. The summed E-state index contributed by atoms with van der Waals surface area (Å²) in [7, 11) is 0. The Morgan fingerprint density at radius 2 is 2.14 bits per heavy atom. The van der Waals surface area contributed by atoms with Gasteiger partial charge < -0.3 is 15.4 Å². The van der Waals surface area contributed by atoms with Crippen molar-refractivity contribution in [1.29, 1.82) is 0 Å². The first kappa shape index (κ1) is 16.3. The van der Waals surface area contributed by atoms with Crippen LogP contribution in [-0.2, 0) is 0 Å². The fourth-order valence-corrected chi connectivity index (χ4v) is 2.16. The molecule has 4 rings (SSSR count). The molecule has 1 aliphatic carbocycles. The van der Waals surface area contributed by atoms with E-state index in [-0.39, 0.29) is 30.7 Å². The molecule has 1 saturated carbocycles. The van der Waals surface area contributed by atoms with Crippen molar-refractivity contribution in [2.45, 2.75) is 18.9 Å². The largest absolute Gasteiger partial charge is 0.492 e. The Bertz CT molecular complexity index is 737. The number of aromatic nitrogens is 3. The molecule has 0 amide bonds. The van der Waals surface area contributed by atoms with E-state index in [9.17, 15) is 5.11 Å². The second-order valence-electron chi connectivity index (χ2n) is 4.97. The van der Waals surface area contributed by atoms with E-state index in [2.05, 4.69) is 25.3 Å². The molecule has 2 aromatic rings. The molecule has 0 bridgehead atoms. The number of imidazole rings is 1. The monoisotopic (exact) mass is 339 g/mol. The van der Waals surface area contributed by atoms with Crippen molar-refractivity contribution in [2.24, 2.45) is 4.99 Å². The molecule has 0 spiro atoms. The van der Waals surface area contributed by atoms with E-state index in [1.807, 2.05) is 18.2 Å². The highest BCUT2D eigenvalue weighted by Crippen LogP contribution is 2.32. The fraction of sp³-hybridized carbons (Fsp3) is 0.214. The summed E-state index contributed by atoms with van der Waals surface area (Å²) < 4.78 is 0. The van der Waals surface area contributed by atoms with Gasteiger partial charge in [0.2, 0.25) is 11.8 Å². The van der Waals surface area contributed by atoms with Crippen LogP contribution in [-0.4, -0.2) is 32.3 Å². The number of nitrogens with zero attached hydrogens (tertiary/aromatic N) is 3. The number of H-pyrrole nitrogens is 1. The van der Waals surface area contributed by atoms with Crippen LogP contribution in [0.3, 0.4) is 0 Å². The van der Waals surface area contributed by atoms with Crippen LogP contribution in [0.25, 0.3) is 11.6 Å². The zero-order valence-corrected chi connectivity index (χ0v) is 13.1. The third-order valence-corrected chi connectivity index (χ3v) is 3.35. The molecule has 0 saturated heterocycles. The number of aromatic hydroxyl groups is 1. The minimum Gasteiger partial charge on any atom is -0.492 e. The van der Waals surface area contributed by atoms with Gasteiger partial charge in [-0.25, -0.2) is 9.98 Å². The minimum absolute atomic E-state index is 0. The van der Waals surface area contributed by atoms with Crippen molar-refractivity contribution in [3.63, 3.8) is 0 Å². The van der Waals surface area contributed by atoms with E-state index in [1.165, 1.54) is 0 Å². The van der Waals surface area contributed by atoms with Gasteiger partial charge in [0.05, 0.1) is 0 Å². The second kappa shape index (κ2) is 6.37. The van der Waals surface area contributed by atoms with Crippen LogP contribution in [0, 0.1) is 0 Å². The lowest BCUT2D eigenvalue weighted by Gasteiger charge is -1.98. The zero-order valence-electron chi connectivity index (χ0n) is 11.5. The summed E-state index contributed by atoms with van der Waals surface area (Å²) in [6, 6.07) is 4.31. The van der Waals surface area contributed by atoms with Crippen molar-refractivity contribution >= 4 is 54.4 Å². The Hall–Kier alpha value is -2.05. The summed E-state index contributed by atoms with van der Waals surface area (Å²) in [5.74, 6) is 1.30.